The van der Waals surface area contributed by atoms with Gasteiger partial charge in [-0.25, -0.2) is 0 Å². The Hall–Kier alpha value is -2.23. The van der Waals surface area contributed by atoms with Gasteiger partial charge in [-0.15, -0.1) is 0 Å². The van der Waals surface area contributed by atoms with Crippen LogP contribution < -0.4 is 0 Å². The average Bonchev–Trinajstić information content (AvgIpc) is 2.69. The predicted molar refractivity (Wildman–Crippen MR) is 113 cm³/mol. The molecule has 1 aromatic carbocycles. The summed E-state index contributed by atoms with van der Waals surface area (Å²) in [6.45, 7) is -0.804. The van der Waals surface area contributed by atoms with E-state index in [9.17, 15) is 36.3 Å². The Bertz CT molecular complexity index is 1010. The van der Waals surface area contributed by atoms with Gasteiger partial charge in [0.05, 0.1) is 19.1 Å². The van der Waals surface area contributed by atoms with Crippen molar-refractivity contribution in [1.29, 1.82) is 0 Å². The van der Waals surface area contributed by atoms with Crippen LogP contribution in [0.5, 0.6) is 0 Å². The van der Waals surface area contributed by atoms with Crippen LogP contribution in [0.25, 0.3) is 0 Å². The summed E-state index contributed by atoms with van der Waals surface area (Å²) in [6.07, 6.45) is -2.72. The summed E-state index contributed by atoms with van der Waals surface area (Å²) >= 11 is 0. The monoisotopic (exact) mass is 510 g/mol. The maximum absolute atomic E-state index is 12.5. The summed E-state index contributed by atoms with van der Waals surface area (Å²) in [5.41, 5.74) is -2.17. The summed E-state index contributed by atoms with van der Waals surface area (Å²) in [5, 5.41) is 11.2. The zero-order valence-corrected chi connectivity index (χ0v) is 20.1. The van der Waals surface area contributed by atoms with Crippen LogP contribution in [0.3, 0.4) is 0 Å². The Kier molecular flexibility index (Phi) is 10.3. The Balaban J connectivity index is 3.53. The number of carbonyl (C=O) groups is 3. The third-order valence-corrected chi connectivity index (χ3v) is 5.11. The molecule has 0 aliphatic rings. The molecule has 1 N–H and O–H groups in total. The zero-order chi connectivity index (χ0) is 25.4. The highest BCUT2D eigenvalue weighted by molar-refractivity contribution is 7.86. The minimum atomic E-state index is -4.18. The summed E-state index contributed by atoms with van der Waals surface area (Å²) in [4.78, 5) is 36.0. The molecule has 0 aliphatic carbocycles. The minimum absolute atomic E-state index is 0.311. The molecular formula is C19H26O12S2. The van der Waals surface area contributed by atoms with Gasteiger partial charge in [-0.3, -0.25) is 22.7 Å². The van der Waals surface area contributed by atoms with Gasteiger partial charge in [-0.1, -0.05) is 30.3 Å². The Morgan fingerprint density at radius 3 is 1.82 bits per heavy atom. The minimum Gasteiger partial charge on any atom is -0.451 e. The lowest BCUT2D eigenvalue weighted by Gasteiger charge is -2.37. The molecule has 0 spiro atoms. The number of benzene rings is 1. The number of carbonyl (C=O) groups excluding carboxylic acids is 3. The molecule has 12 nitrogen and oxygen atoms in total. The van der Waals surface area contributed by atoms with E-state index in [4.69, 9.17) is 9.47 Å². The third-order valence-electron chi connectivity index (χ3n) is 4.02. The quantitative estimate of drug-likeness (QED) is 0.190. The number of ether oxygens (including phenoxy) is 2. The van der Waals surface area contributed by atoms with Crippen LogP contribution in [0.2, 0.25) is 0 Å². The fraction of sp³-hybridized carbons (Fsp3) is 0.526. The molecule has 33 heavy (non-hydrogen) atoms. The molecule has 2 atom stereocenters. The van der Waals surface area contributed by atoms with Crippen LogP contribution in [0, 0.1) is 0 Å². The highest BCUT2D eigenvalue weighted by Gasteiger charge is 2.50. The van der Waals surface area contributed by atoms with Gasteiger partial charge in [0, 0.05) is 13.8 Å². The largest absolute Gasteiger partial charge is 0.451 e. The summed E-state index contributed by atoms with van der Waals surface area (Å²) in [5.74, 6) is -3.39. The van der Waals surface area contributed by atoms with Gasteiger partial charge in [0.15, 0.2) is 11.9 Å². The topological polar surface area (TPSA) is 177 Å². The van der Waals surface area contributed by atoms with Gasteiger partial charge in [0.1, 0.15) is 24.9 Å². The highest BCUT2D eigenvalue weighted by atomic mass is 32.2. The lowest BCUT2D eigenvalue weighted by atomic mass is 9.90. The second-order valence-corrected chi connectivity index (χ2v) is 10.5. The van der Waals surface area contributed by atoms with E-state index < -0.39 is 68.8 Å². The molecule has 0 heterocycles. The number of ketones is 2. The van der Waals surface area contributed by atoms with Crippen LogP contribution in [-0.4, -0.2) is 83.0 Å². The molecular weight excluding hydrogens is 484 g/mol. The first-order valence-corrected chi connectivity index (χ1v) is 13.0. The SMILES string of the molecule is CC(=O)O[C@H](C(=O)C(C)=O)[C@@H](OCc1ccccc1)C(O)(COS(C)(=O)=O)COS(C)(=O)=O. The van der Waals surface area contributed by atoms with Crippen molar-refractivity contribution >= 4 is 37.8 Å². The molecule has 0 fully saturated rings. The molecule has 1 rings (SSSR count). The van der Waals surface area contributed by atoms with E-state index >= 15 is 0 Å². The second-order valence-electron chi connectivity index (χ2n) is 7.20. The Morgan fingerprint density at radius 2 is 1.42 bits per heavy atom. The first-order valence-electron chi connectivity index (χ1n) is 9.33. The van der Waals surface area contributed by atoms with E-state index in [0.717, 1.165) is 13.8 Å². The van der Waals surface area contributed by atoms with Gasteiger partial charge in [-0.05, 0) is 5.56 Å². The lowest BCUT2D eigenvalue weighted by Crippen LogP contribution is -2.60. The zero-order valence-electron chi connectivity index (χ0n) is 18.4. The molecule has 1 aromatic rings. The molecule has 0 amide bonds. The van der Waals surface area contributed by atoms with Crippen molar-refractivity contribution in [3.05, 3.63) is 35.9 Å². The molecule has 0 radical (unpaired) electrons. The Labute approximate surface area is 192 Å². The smallest absolute Gasteiger partial charge is 0.303 e. The number of aliphatic hydroxyl groups is 1. The maximum Gasteiger partial charge on any atom is 0.303 e. The van der Waals surface area contributed by atoms with Gasteiger partial charge in [0.2, 0.25) is 5.78 Å². The van der Waals surface area contributed by atoms with Crippen molar-refractivity contribution in [2.24, 2.45) is 0 Å². The Morgan fingerprint density at radius 1 is 0.939 bits per heavy atom. The molecule has 0 aliphatic heterocycles. The van der Waals surface area contributed by atoms with Crippen LogP contribution in [0.1, 0.15) is 19.4 Å². The number of rotatable bonds is 14. The lowest BCUT2D eigenvalue weighted by molar-refractivity contribution is -0.199. The third kappa shape index (κ3) is 10.5. The second kappa shape index (κ2) is 11.8. The van der Waals surface area contributed by atoms with Crippen LogP contribution in [-0.2, 0) is 59.1 Å². The van der Waals surface area contributed by atoms with Crippen molar-refractivity contribution in [3.63, 3.8) is 0 Å². The van der Waals surface area contributed by atoms with Crippen LogP contribution in [0.4, 0.5) is 0 Å². The first kappa shape index (κ1) is 28.8. The highest BCUT2D eigenvalue weighted by Crippen LogP contribution is 2.25. The molecule has 0 bridgehead atoms. The number of esters is 1. The summed E-state index contributed by atoms with van der Waals surface area (Å²) in [7, 11) is -8.35. The van der Waals surface area contributed by atoms with Crippen molar-refractivity contribution in [2.75, 3.05) is 25.7 Å². The molecule has 0 aromatic heterocycles. The van der Waals surface area contributed by atoms with E-state index in [1.54, 1.807) is 30.3 Å². The molecule has 14 heteroatoms. The van der Waals surface area contributed by atoms with Crippen molar-refractivity contribution < 1.29 is 54.2 Å². The van der Waals surface area contributed by atoms with Crippen LogP contribution >= 0.6 is 0 Å². The standard InChI is InChI=1S/C19H26O12S2/c1-13(20)16(22)17(31-14(2)21)18(28-10-15-8-6-5-7-9-15)19(23,11-29-32(3,24)25)12-30-33(4,26)27/h5-9,17-18,23H,10-12H2,1-4H3/t17-,18-/m1/s1. The van der Waals surface area contributed by atoms with Gasteiger partial charge < -0.3 is 14.6 Å². The van der Waals surface area contributed by atoms with Crippen molar-refractivity contribution in [1.82, 2.24) is 0 Å². The first-order chi connectivity index (χ1) is 15.0. The summed E-state index contributed by atoms with van der Waals surface area (Å²) < 4.78 is 65.9. The van der Waals surface area contributed by atoms with E-state index in [1.165, 1.54) is 0 Å². The average molecular weight is 511 g/mol. The van der Waals surface area contributed by atoms with E-state index in [1.807, 2.05) is 0 Å². The summed E-state index contributed by atoms with van der Waals surface area (Å²) in [6, 6.07) is 8.25. The number of hydrogen-bond acceptors (Lipinski definition) is 12. The molecule has 0 saturated heterocycles. The molecule has 0 unspecified atom stereocenters. The van der Waals surface area contributed by atoms with Gasteiger partial charge >= 0.3 is 5.97 Å². The van der Waals surface area contributed by atoms with E-state index in [-0.39, 0.29) is 6.61 Å². The number of hydrogen-bond donors (Lipinski definition) is 1. The van der Waals surface area contributed by atoms with E-state index in [0.29, 0.717) is 18.1 Å². The maximum atomic E-state index is 12.5. The van der Waals surface area contributed by atoms with Gasteiger partial charge in [0.25, 0.3) is 20.2 Å². The predicted octanol–water partition coefficient (Wildman–Crippen LogP) is -0.655. The number of Topliss-reactive ketones (excluding diaryl/α,β-unsaturated/α-hetero) is 2. The molecule has 0 saturated carbocycles. The molecule has 186 valence electrons. The fourth-order valence-corrected chi connectivity index (χ4v) is 3.38. The fourth-order valence-electron chi connectivity index (χ4n) is 2.54. The van der Waals surface area contributed by atoms with Crippen molar-refractivity contribution in [3.8, 4) is 0 Å². The van der Waals surface area contributed by atoms with E-state index in [2.05, 4.69) is 8.37 Å². The van der Waals surface area contributed by atoms with Gasteiger partial charge in [-0.2, -0.15) is 16.8 Å². The van der Waals surface area contributed by atoms with Crippen molar-refractivity contribution in [2.45, 2.75) is 38.3 Å². The normalized spacial score (nSPS) is 14.3. The van der Waals surface area contributed by atoms with Crippen LogP contribution in [0.15, 0.2) is 30.3 Å².